The Labute approximate surface area is 119 Å². The van der Waals surface area contributed by atoms with Crippen LogP contribution < -0.4 is 0 Å². The Bertz CT molecular complexity index is 668. The van der Waals surface area contributed by atoms with E-state index in [0.717, 1.165) is 12.8 Å². The lowest BCUT2D eigenvalue weighted by Gasteiger charge is -2.19. The van der Waals surface area contributed by atoms with Crippen molar-refractivity contribution in [2.24, 2.45) is 0 Å². The van der Waals surface area contributed by atoms with Gasteiger partial charge in [-0.25, -0.2) is 8.42 Å². The van der Waals surface area contributed by atoms with Crippen LogP contribution >= 0.6 is 0 Å². The first kappa shape index (κ1) is 13.3. The maximum atomic E-state index is 12.6. The van der Waals surface area contributed by atoms with Crippen LogP contribution in [-0.4, -0.2) is 25.8 Å². The Hall–Kier alpha value is -1.65. The average Bonchev–Trinajstić information content (AvgIpc) is 2.71. The van der Waals surface area contributed by atoms with Gasteiger partial charge in [-0.15, -0.1) is 0 Å². The van der Waals surface area contributed by atoms with Gasteiger partial charge in [0.1, 0.15) is 0 Å². The first-order valence-corrected chi connectivity index (χ1v) is 8.24. The van der Waals surface area contributed by atoms with Crippen LogP contribution in [0.5, 0.6) is 0 Å². The van der Waals surface area contributed by atoms with Gasteiger partial charge in [-0.3, -0.25) is 0 Å². The fraction of sp³-hybridized carbons (Fsp3) is 0.250. The summed E-state index contributed by atoms with van der Waals surface area (Å²) in [6, 6.07) is 16.9. The lowest BCUT2D eigenvalue weighted by atomic mass is 10.0. The van der Waals surface area contributed by atoms with Gasteiger partial charge in [0.25, 0.3) is 0 Å². The first-order valence-electron chi connectivity index (χ1n) is 6.80. The molecule has 3 rings (SSSR count). The van der Waals surface area contributed by atoms with Gasteiger partial charge >= 0.3 is 0 Å². The van der Waals surface area contributed by atoms with E-state index in [1.807, 2.05) is 18.2 Å². The van der Waals surface area contributed by atoms with Gasteiger partial charge in [0.05, 0.1) is 4.90 Å². The SMILES string of the molecule is O=S(=O)(c1ccccc1)N1CCc2ccccc2CC1. The summed E-state index contributed by atoms with van der Waals surface area (Å²) in [7, 11) is -3.37. The van der Waals surface area contributed by atoms with Gasteiger partial charge in [0.15, 0.2) is 0 Å². The van der Waals surface area contributed by atoms with Crippen molar-refractivity contribution in [1.82, 2.24) is 4.31 Å². The highest BCUT2D eigenvalue weighted by molar-refractivity contribution is 7.89. The van der Waals surface area contributed by atoms with Gasteiger partial charge in [0, 0.05) is 13.1 Å². The predicted molar refractivity (Wildman–Crippen MR) is 79.1 cm³/mol. The molecule has 0 amide bonds. The fourth-order valence-corrected chi connectivity index (χ4v) is 4.09. The molecule has 104 valence electrons. The maximum absolute atomic E-state index is 12.6. The molecule has 0 fully saturated rings. The number of nitrogens with zero attached hydrogens (tertiary/aromatic N) is 1. The van der Waals surface area contributed by atoms with Gasteiger partial charge in [0.2, 0.25) is 10.0 Å². The van der Waals surface area contributed by atoms with E-state index in [4.69, 9.17) is 0 Å². The maximum Gasteiger partial charge on any atom is 0.243 e. The summed E-state index contributed by atoms with van der Waals surface area (Å²) in [6.07, 6.45) is 1.56. The number of sulfonamides is 1. The second kappa shape index (κ2) is 5.38. The third-order valence-electron chi connectivity index (χ3n) is 3.76. The molecule has 0 unspecified atom stereocenters. The van der Waals surface area contributed by atoms with E-state index >= 15 is 0 Å². The number of benzene rings is 2. The summed E-state index contributed by atoms with van der Waals surface area (Å²) < 4.78 is 26.8. The Morgan fingerprint density at radius 1 is 0.750 bits per heavy atom. The van der Waals surface area contributed by atoms with Crippen LogP contribution in [0.4, 0.5) is 0 Å². The van der Waals surface area contributed by atoms with Crippen molar-refractivity contribution in [3.8, 4) is 0 Å². The average molecular weight is 287 g/mol. The van der Waals surface area contributed by atoms with Crippen LogP contribution in [0.25, 0.3) is 0 Å². The van der Waals surface area contributed by atoms with Crippen molar-refractivity contribution in [3.63, 3.8) is 0 Å². The highest BCUT2D eigenvalue weighted by Crippen LogP contribution is 2.21. The van der Waals surface area contributed by atoms with Gasteiger partial charge in [-0.05, 0) is 36.1 Å². The van der Waals surface area contributed by atoms with Gasteiger partial charge < -0.3 is 0 Å². The Balaban J connectivity index is 1.87. The Morgan fingerprint density at radius 2 is 1.25 bits per heavy atom. The zero-order chi connectivity index (χ0) is 14.0. The van der Waals surface area contributed by atoms with Gasteiger partial charge in [-0.1, -0.05) is 42.5 Å². The van der Waals surface area contributed by atoms with Crippen LogP contribution in [0, 0.1) is 0 Å². The van der Waals surface area contributed by atoms with E-state index in [2.05, 4.69) is 12.1 Å². The van der Waals surface area contributed by atoms with Crippen molar-refractivity contribution < 1.29 is 8.42 Å². The molecular weight excluding hydrogens is 270 g/mol. The lowest BCUT2D eigenvalue weighted by molar-refractivity contribution is 0.426. The van der Waals surface area contributed by atoms with E-state index in [-0.39, 0.29) is 0 Å². The van der Waals surface area contributed by atoms with E-state index in [1.165, 1.54) is 11.1 Å². The third-order valence-corrected chi connectivity index (χ3v) is 5.67. The minimum absolute atomic E-state index is 0.381. The smallest absolute Gasteiger partial charge is 0.207 e. The predicted octanol–water partition coefficient (Wildman–Crippen LogP) is 2.48. The normalized spacial score (nSPS) is 16.4. The quantitative estimate of drug-likeness (QED) is 0.851. The number of hydrogen-bond acceptors (Lipinski definition) is 2. The second-order valence-corrected chi connectivity index (χ2v) is 6.92. The topological polar surface area (TPSA) is 37.4 Å². The minimum Gasteiger partial charge on any atom is -0.207 e. The van der Waals surface area contributed by atoms with Crippen molar-refractivity contribution in [2.45, 2.75) is 17.7 Å². The number of hydrogen-bond donors (Lipinski definition) is 0. The largest absolute Gasteiger partial charge is 0.243 e. The van der Waals surface area contributed by atoms with E-state index < -0.39 is 10.0 Å². The molecule has 0 spiro atoms. The van der Waals surface area contributed by atoms with Crippen LogP contribution in [0.15, 0.2) is 59.5 Å². The molecule has 4 heteroatoms. The van der Waals surface area contributed by atoms with E-state index in [1.54, 1.807) is 28.6 Å². The molecular formula is C16H17NO2S. The summed E-state index contributed by atoms with van der Waals surface area (Å²) in [5, 5.41) is 0. The molecule has 0 atom stereocenters. The summed E-state index contributed by atoms with van der Waals surface area (Å²) in [4.78, 5) is 0.381. The molecule has 1 heterocycles. The Morgan fingerprint density at radius 3 is 1.80 bits per heavy atom. The molecule has 0 saturated carbocycles. The summed E-state index contributed by atoms with van der Waals surface area (Å²) in [6.45, 7) is 1.10. The van der Waals surface area contributed by atoms with E-state index in [9.17, 15) is 8.42 Å². The Kier molecular flexibility index (Phi) is 3.59. The number of fused-ring (bicyclic) bond motifs is 1. The molecule has 0 aliphatic carbocycles. The molecule has 0 aromatic heterocycles. The highest BCUT2D eigenvalue weighted by Gasteiger charge is 2.25. The monoisotopic (exact) mass is 287 g/mol. The molecule has 0 radical (unpaired) electrons. The van der Waals surface area contributed by atoms with Crippen LogP contribution in [-0.2, 0) is 22.9 Å². The molecule has 2 aromatic carbocycles. The molecule has 3 nitrogen and oxygen atoms in total. The standard InChI is InChI=1S/C16H17NO2S/c18-20(19,16-8-2-1-3-9-16)17-12-10-14-6-4-5-7-15(14)11-13-17/h1-9H,10-13H2. The molecule has 20 heavy (non-hydrogen) atoms. The van der Waals surface area contributed by atoms with Crippen molar-refractivity contribution >= 4 is 10.0 Å². The third kappa shape index (κ3) is 2.49. The molecule has 0 saturated heterocycles. The van der Waals surface area contributed by atoms with Gasteiger partial charge in [-0.2, -0.15) is 4.31 Å². The zero-order valence-electron chi connectivity index (χ0n) is 11.2. The fourth-order valence-electron chi connectivity index (χ4n) is 2.63. The zero-order valence-corrected chi connectivity index (χ0v) is 12.0. The number of rotatable bonds is 2. The van der Waals surface area contributed by atoms with Crippen LogP contribution in [0.1, 0.15) is 11.1 Å². The van der Waals surface area contributed by atoms with Crippen LogP contribution in [0.2, 0.25) is 0 Å². The summed E-state index contributed by atoms with van der Waals surface area (Å²) >= 11 is 0. The molecule has 0 N–H and O–H groups in total. The molecule has 1 aliphatic rings. The van der Waals surface area contributed by atoms with Crippen molar-refractivity contribution in [1.29, 1.82) is 0 Å². The second-order valence-electron chi connectivity index (χ2n) is 4.99. The summed E-state index contributed by atoms with van der Waals surface area (Å²) in [5.74, 6) is 0. The van der Waals surface area contributed by atoms with E-state index in [0.29, 0.717) is 18.0 Å². The minimum atomic E-state index is -3.37. The molecule has 1 aliphatic heterocycles. The van der Waals surface area contributed by atoms with Crippen molar-refractivity contribution in [2.75, 3.05) is 13.1 Å². The first-order chi connectivity index (χ1) is 9.68. The summed E-state index contributed by atoms with van der Waals surface area (Å²) in [5.41, 5.74) is 2.52. The lowest BCUT2D eigenvalue weighted by Crippen LogP contribution is -2.33. The molecule has 2 aromatic rings. The molecule has 0 bridgehead atoms. The van der Waals surface area contributed by atoms with Crippen molar-refractivity contribution in [3.05, 3.63) is 65.7 Å². The van der Waals surface area contributed by atoms with Crippen LogP contribution in [0.3, 0.4) is 0 Å². The highest BCUT2D eigenvalue weighted by atomic mass is 32.2.